The monoisotopic (exact) mass is 326 g/mol. The standard InChI is InChI=1S/C19H22N2O3/c1-14-20-18-5-3-4-6-19(18)21(14)11-16(22)13-24-12-15-7-9-17(23-2)10-8-15/h3-10,16,22H,11-13H2,1-2H3/t16-/m0/s1. The molecular weight excluding hydrogens is 304 g/mol. The molecule has 5 heteroatoms. The highest BCUT2D eigenvalue weighted by Crippen LogP contribution is 2.16. The van der Waals surface area contributed by atoms with Gasteiger partial charge in [0.25, 0.3) is 0 Å². The number of aliphatic hydroxyl groups is 1. The number of imidazole rings is 1. The first-order chi connectivity index (χ1) is 11.7. The lowest BCUT2D eigenvalue weighted by atomic mass is 10.2. The molecule has 0 aliphatic heterocycles. The van der Waals surface area contributed by atoms with Gasteiger partial charge in [0.1, 0.15) is 11.6 Å². The molecule has 3 rings (SSSR count). The number of aryl methyl sites for hydroxylation is 1. The van der Waals surface area contributed by atoms with Crippen LogP contribution in [0.25, 0.3) is 11.0 Å². The summed E-state index contributed by atoms with van der Waals surface area (Å²) in [6, 6.07) is 15.6. The van der Waals surface area contributed by atoms with E-state index < -0.39 is 6.10 Å². The van der Waals surface area contributed by atoms with Crippen LogP contribution in [0, 0.1) is 6.92 Å². The number of methoxy groups -OCH3 is 1. The molecule has 24 heavy (non-hydrogen) atoms. The molecule has 0 aliphatic carbocycles. The fraction of sp³-hybridized carbons (Fsp3) is 0.316. The number of rotatable bonds is 7. The predicted octanol–water partition coefficient (Wildman–Crippen LogP) is 2.93. The van der Waals surface area contributed by atoms with Crippen LogP contribution in [0.3, 0.4) is 0 Å². The van der Waals surface area contributed by atoms with Crippen molar-refractivity contribution in [3.63, 3.8) is 0 Å². The lowest BCUT2D eigenvalue weighted by Gasteiger charge is -2.14. The fourth-order valence-corrected chi connectivity index (χ4v) is 2.72. The van der Waals surface area contributed by atoms with Crippen LogP contribution in [0.15, 0.2) is 48.5 Å². The highest BCUT2D eigenvalue weighted by molar-refractivity contribution is 5.75. The van der Waals surface area contributed by atoms with E-state index in [1.165, 1.54) is 0 Å². The van der Waals surface area contributed by atoms with Gasteiger partial charge in [-0.25, -0.2) is 4.98 Å². The fourth-order valence-electron chi connectivity index (χ4n) is 2.72. The largest absolute Gasteiger partial charge is 0.497 e. The third-order valence-electron chi connectivity index (χ3n) is 3.98. The molecule has 0 saturated carbocycles. The second kappa shape index (κ2) is 7.47. The van der Waals surface area contributed by atoms with Crippen LogP contribution in [0.1, 0.15) is 11.4 Å². The van der Waals surface area contributed by atoms with E-state index in [-0.39, 0.29) is 6.61 Å². The molecule has 0 aliphatic rings. The van der Waals surface area contributed by atoms with Gasteiger partial charge in [0, 0.05) is 0 Å². The number of hydrogen-bond acceptors (Lipinski definition) is 4. The van der Waals surface area contributed by atoms with Crippen molar-refractivity contribution in [1.29, 1.82) is 0 Å². The van der Waals surface area contributed by atoms with Gasteiger partial charge in [0.15, 0.2) is 0 Å². The lowest BCUT2D eigenvalue weighted by Crippen LogP contribution is -2.22. The molecule has 2 aromatic carbocycles. The van der Waals surface area contributed by atoms with E-state index in [0.717, 1.165) is 28.2 Å². The Kier molecular flexibility index (Phi) is 5.13. The molecule has 1 heterocycles. The van der Waals surface area contributed by atoms with Crippen LogP contribution >= 0.6 is 0 Å². The Morgan fingerprint density at radius 2 is 1.88 bits per heavy atom. The maximum atomic E-state index is 10.3. The number of ether oxygens (including phenoxy) is 2. The number of nitrogens with zero attached hydrogens (tertiary/aromatic N) is 2. The third-order valence-corrected chi connectivity index (χ3v) is 3.98. The van der Waals surface area contributed by atoms with Gasteiger partial charge < -0.3 is 19.1 Å². The van der Waals surface area contributed by atoms with Crippen molar-refractivity contribution in [3.05, 3.63) is 59.9 Å². The topological polar surface area (TPSA) is 56.5 Å². The summed E-state index contributed by atoms with van der Waals surface area (Å²) in [5.41, 5.74) is 3.03. The zero-order valence-electron chi connectivity index (χ0n) is 14.0. The van der Waals surface area contributed by atoms with Gasteiger partial charge in [-0.2, -0.15) is 0 Å². The van der Waals surface area contributed by atoms with Crippen LogP contribution in [-0.4, -0.2) is 34.5 Å². The van der Waals surface area contributed by atoms with Gasteiger partial charge >= 0.3 is 0 Å². The SMILES string of the molecule is COc1ccc(COC[C@@H](O)Cn2c(C)nc3ccccc32)cc1. The van der Waals surface area contributed by atoms with E-state index in [4.69, 9.17) is 9.47 Å². The smallest absolute Gasteiger partial charge is 0.118 e. The maximum Gasteiger partial charge on any atom is 0.118 e. The summed E-state index contributed by atoms with van der Waals surface area (Å²) in [6.07, 6.45) is -0.584. The molecule has 0 saturated heterocycles. The van der Waals surface area contributed by atoms with Crippen LogP contribution in [0.4, 0.5) is 0 Å². The van der Waals surface area contributed by atoms with Gasteiger partial charge in [-0.1, -0.05) is 24.3 Å². The average Bonchev–Trinajstić information content (AvgIpc) is 2.91. The Balaban J connectivity index is 1.55. The van der Waals surface area contributed by atoms with Crippen molar-refractivity contribution in [1.82, 2.24) is 9.55 Å². The van der Waals surface area contributed by atoms with Gasteiger partial charge in [0.05, 0.1) is 44.0 Å². The van der Waals surface area contributed by atoms with E-state index in [0.29, 0.717) is 13.2 Å². The third kappa shape index (κ3) is 3.75. The first-order valence-corrected chi connectivity index (χ1v) is 7.98. The molecule has 0 unspecified atom stereocenters. The van der Waals surface area contributed by atoms with Crippen LogP contribution in [0.5, 0.6) is 5.75 Å². The van der Waals surface area contributed by atoms with Crippen molar-refractivity contribution in [3.8, 4) is 5.75 Å². The number of fused-ring (bicyclic) bond motifs is 1. The predicted molar refractivity (Wildman–Crippen MR) is 93.1 cm³/mol. The van der Waals surface area contributed by atoms with Crippen molar-refractivity contribution < 1.29 is 14.6 Å². The van der Waals surface area contributed by atoms with Crippen molar-refractivity contribution in [2.45, 2.75) is 26.2 Å². The molecule has 0 spiro atoms. The van der Waals surface area contributed by atoms with Gasteiger partial charge in [0.2, 0.25) is 0 Å². The molecule has 5 nitrogen and oxygen atoms in total. The van der Waals surface area contributed by atoms with Crippen LogP contribution < -0.4 is 4.74 Å². The van der Waals surface area contributed by atoms with E-state index in [1.54, 1.807) is 7.11 Å². The molecule has 3 aromatic rings. The normalized spacial score (nSPS) is 12.5. The number of hydrogen-bond donors (Lipinski definition) is 1. The second-order valence-corrected chi connectivity index (χ2v) is 5.78. The van der Waals surface area contributed by atoms with Crippen molar-refractivity contribution in [2.24, 2.45) is 0 Å². The molecule has 0 amide bonds. The highest BCUT2D eigenvalue weighted by Gasteiger charge is 2.11. The van der Waals surface area contributed by atoms with Crippen LogP contribution in [-0.2, 0) is 17.9 Å². The van der Waals surface area contributed by atoms with Gasteiger partial charge in [-0.05, 0) is 36.8 Å². The number of aromatic nitrogens is 2. The summed E-state index contributed by atoms with van der Waals surface area (Å²) < 4.78 is 12.8. The van der Waals surface area contributed by atoms with Gasteiger partial charge in [-0.3, -0.25) is 0 Å². The molecule has 1 aromatic heterocycles. The molecular formula is C19H22N2O3. The first kappa shape index (κ1) is 16.5. The lowest BCUT2D eigenvalue weighted by molar-refractivity contribution is 0.0206. The summed E-state index contributed by atoms with van der Waals surface area (Å²) in [6.45, 7) is 3.16. The number of para-hydroxylation sites is 2. The van der Waals surface area contributed by atoms with Gasteiger partial charge in [-0.15, -0.1) is 0 Å². The average molecular weight is 326 g/mol. The van der Waals surface area contributed by atoms with E-state index in [1.807, 2.05) is 60.0 Å². The quantitative estimate of drug-likeness (QED) is 0.725. The molecule has 1 atom stereocenters. The number of aliphatic hydroxyl groups excluding tert-OH is 1. The Bertz CT molecular complexity index is 796. The van der Waals surface area contributed by atoms with Crippen LogP contribution in [0.2, 0.25) is 0 Å². The first-order valence-electron chi connectivity index (χ1n) is 7.98. The highest BCUT2D eigenvalue weighted by atomic mass is 16.5. The molecule has 126 valence electrons. The molecule has 0 bridgehead atoms. The van der Waals surface area contributed by atoms with E-state index in [9.17, 15) is 5.11 Å². The minimum absolute atomic E-state index is 0.276. The Morgan fingerprint density at radius 3 is 2.62 bits per heavy atom. The maximum absolute atomic E-state index is 10.3. The number of benzene rings is 2. The summed E-state index contributed by atoms with van der Waals surface area (Å²) >= 11 is 0. The van der Waals surface area contributed by atoms with Crippen molar-refractivity contribution in [2.75, 3.05) is 13.7 Å². The van der Waals surface area contributed by atoms with Crippen molar-refractivity contribution >= 4 is 11.0 Å². The molecule has 1 N–H and O–H groups in total. The minimum Gasteiger partial charge on any atom is -0.497 e. The summed E-state index contributed by atoms with van der Waals surface area (Å²) in [7, 11) is 1.64. The summed E-state index contributed by atoms with van der Waals surface area (Å²) in [5, 5.41) is 10.3. The van der Waals surface area contributed by atoms with E-state index >= 15 is 0 Å². The summed E-state index contributed by atoms with van der Waals surface area (Å²) in [5.74, 6) is 1.71. The Labute approximate surface area is 141 Å². The minimum atomic E-state index is -0.584. The molecule has 0 fully saturated rings. The zero-order valence-corrected chi connectivity index (χ0v) is 14.0. The second-order valence-electron chi connectivity index (χ2n) is 5.78. The molecule has 0 radical (unpaired) electrons. The zero-order chi connectivity index (χ0) is 16.9. The summed E-state index contributed by atoms with van der Waals surface area (Å²) in [4.78, 5) is 4.51. The Morgan fingerprint density at radius 1 is 1.12 bits per heavy atom. The Hall–Kier alpha value is -2.37. The van der Waals surface area contributed by atoms with E-state index in [2.05, 4.69) is 4.98 Å².